The van der Waals surface area contributed by atoms with E-state index in [1.54, 1.807) is 23.0 Å². The molecule has 8 heteroatoms. The van der Waals surface area contributed by atoms with Crippen molar-refractivity contribution >= 4 is 22.7 Å². The average molecular weight is 374 g/mol. The Morgan fingerprint density at radius 3 is 2.64 bits per heavy atom. The Hall–Kier alpha value is -3.78. The molecule has 0 spiro atoms. The summed E-state index contributed by atoms with van der Waals surface area (Å²) in [5.41, 5.74) is 1.83. The van der Waals surface area contributed by atoms with Crippen LogP contribution in [0.5, 0.6) is 0 Å². The molecule has 4 rings (SSSR count). The quantitative estimate of drug-likeness (QED) is 0.503. The third kappa shape index (κ3) is 3.17. The molecule has 0 amide bonds. The van der Waals surface area contributed by atoms with Gasteiger partial charge in [-0.1, -0.05) is 24.3 Å². The molecule has 0 aliphatic heterocycles. The van der Waals surface area contributed by atoms with E-state index in [0.29, 0.717) is 29.3 Å². The number of allylic oxidation sites excluding steroid dienone is 1. The summed E-state index contributed by atoms with van der Waals surface area (Å²) in [6, 6.07) is 12.7. The number of anilines is 2. The van der Waals surface area contributed by atoms with Crippen molar-refractivity contribution in [2.24, 2.45) is 0 Å². The number of nitrogens with zero attached hydrogens (tertiary/aromatic N) is 5. The Labute approximate surface area is 160 Å². The van der Waals surface area contributed by atoms with Crippen molar-refractivity contribution in [3.63, 3.8) is 0 Å². The second-order valence-electron chi connectivity index (χ2n) is 6.09. The first-order valence-electron chi connectivity index (χ1n) is 8.69. The first-order chi connectivity index (χ1) is 13.7. The first kappa shape index (κ1) is 17.6. The minimum Gasteiger partial charge on any atom is -0.392 e. The number of aliphatic hydroxyl groups excluding tert-OH is 1. The fourth-order valence-electron chi connectivity index (χ4n) is 2.91. The zero-order chi connectivity index (χ0) is 19.5. The van der Waals surface area contributed by atoms with E-state index < -0.39 is 0 Å². The van der Waals surface area contributed by atoms with E-state index in [2.05, 4.69) is 26.8 Å². The fraction of sp³-hybridized carbons (Fsp3) is 0.100. The van der Waals surface area contributed by atoms with Crippen LogP contribution < -0.4 is 10.9 Å². The van der Waals surface area contributed by atoms with E-state index in [0.717, 1.165) is 11.3 Å². The molecule has 3 aromatic heterocycles. The van der Waals surface area contributed by atoms with Gasteiger partial charge in [-0.05, 0) is 29.8 Å². The minimum absolute atomic E-state index is 0.0179. The first-order valence-corrected chi connectivity index (χ1v) is 8.69. The van der Waals surface area contributed by atoms with Gasteiger partial charge in [-0.25, -0.2) is 19.3 Å². The summed E-state index contributed by atoms with van der Waals surface area (Å²) in [5, 5.41) is 12.7. The van der Waals surface area contributed by atoms with Crippen molar-refractivity contribution in [1.82, 2.24) is 24.3 Å². The Balaban J connectivity index is 1.83. The van der Waals surface area contributed by atoms with Gasteiger partial charge >= 0.3 is 0 Å². The van der Waals surface area contributed by atoms with Crippen LogP contribution in [0.25, 0.3) is 16.9 Å². The van der Waals surface area contributed by atoms with Gasteiger partial charge in [0.15, 0.2) is 11.5 Å². The van der Waals surface area contributed by atoms with Crippen LogP contribution in [-0.2, 0) is 13.2 Å². The van der Waals surface area contributed by atoms with Gasteiger partial charge in [0.05, 0.1) is 13.2 Å². The number of pyridine rings is 1. The summed E-state index contributed by atoms with van der Waals surface area (Å²) < 4.78 is 3.19. The predicted octanol–water partition coefficient (Wildman–Crippen LogP) is 2.40. The van der Waals surface area contributed by atoms with Crippen LogP contribution >= 0.6 is 0 Å². The average Bonchev–Trinajstić information content (AvgIpc) is 3.01. The summed E-state index contributed by atoms with van der Waals surface area (Å²) in [6.45, 7) is 4.03. The van der Waals surface area contributed by atoms with Crippen LogP contribution in [0.1, 0.15) is 5.56 Å². The highest BCUT2D eigenvalue weighted by Crippen LogP contribution is 2.18. The number of nitrogens with one attached hydrogen (secondary N) is 1. The van der Waals surface area contributed by atoms with Crippen molar-refractivity contribution in [3.8, 4) is 5.82 Å². The third-order valence-electron chi connectivity index (χ3n) is 4.24. The molecule has 140 valence electrons. The zero-order valence-electron chi connectivity index (χ0n) is 15.0. The number of hydrogen-bond donors (Lipinski definition) is 2. The standard InChI is InChI=1S/C20H18N6O2/c1-2-11-25-19(28)16-12-22-20(23-15-8-6-14(13-27)7-9-15)24-18(16)26(25)17-5-3-4-10-21-17/h2-10,12,27H,1,11,13H2,(H,22,23,24). The van der Waals surface area contributed by atoms with Gasteiger partial charge in [-0.15, -0.1) is 6.58 Å². The lowest BCUT2D eigenvalue weighted by atomic mass is 10.2. The zero-order valence-corrected chi connectivity index (χ0v) is 15.0. The molecule has 3 heterocycles. The van der Waals surface area contributed by atoms with Crippen LogP contribution in [0.2, 0.25) is 0 Å². The number of hydrogen-bond acceptors (Lipinski definition) is 6. The van der Waals surface area contributed by atoms with Crippen molar-refractivity contribution in [2.75, 3.05) is 5.32 Å². The van der Waals surface area contributed by atoms with E-state index in [4.69, 9.17) is 5.11 Å². The predicted molar refractivity (Wildman–Crippen MR) is 107 cm³/mol. The molecule has 0 atom stereocenters. The van der Waals surface area contributed by atoms with Gasteiger partial charge in [0, 0.05) is 18.1 Å². The molecule has 0 aliphatic carbocycles. The van der Waals surface area contributed by atoms with Crippen LogP contribution in [0.3, 0.4) is 0 Å². The molecular weight excluding hydrogens is 356 g/mol. The van der Waals surface area contributed by atoms with E-state index in [1.807, 2.05) is 36.4 Å². The number of rotatable bonds is 6. The van der Waals surface area contributed by atoms with E-state index >= 15 is 0 Å². The summed E-state index contributed by atoms with van der Waals surface area (Å²) in [5.74, 6) is 0.929. The smallest absolute Gasteiger partial charge is 0.278 e. The Bertz CT molecular complexity index is 1180. The van der Waals surface area contributed by atoms with Crippen molar-refractivity contribution < 1.29 is 5.11 Å². The number of aromatic nitrogens is 5. The van der Waals surface area contributed by atoms with Gasteiger partial charge in [0.25, 0.3) is 5.56 Å². The van der Waals surface area contributed by atoms with E-state index in [9.17, 15) is 4.79 Å². The Morgan fingerprint density at radius 2 is 1.96 bits per heavy atom. The Kier molecular flexibility index (Phi) is 4.69. The largest absolute Gasteiger partial charge is 0.392 e. The van der Waals surface area contributed by atoms with Crippen molar-refractivity contribution in [3.05, 3.63) is 83.4 Å². The molecule has 1 aromatic carbocycles. The molecule has 0 saturated carbocycles. The maximum atomic E-state index is 12.8. The SMILES string of the molecule is C=CCn1c(=O)c2cnc(Nc3ccc(CO)cc3)nc2n1-c1ccccn1. The maximum Gasteiger partial charge on any atom is 0.278 e. The van der Waals surface area contributed by atoms with Crippen molar-refractivity contribution in [1.29, 1.82) is 0 Å². The van der Waals surface area contributed by atoms with Crippen LogP contribution in [0, 0.1) is 0 Å². The van der Waals surface area contributed by atoms with E-state index in [-0.39, 0.29) is 12.2 Å². The van der Waals surface area contributed by atoms with Gasteiger partial charge in [0.1, 0.15) is 5.39 Å². The van der Waals surface area contributed by atoms with E-state index in [1.165, 1.54) is 10.9 Å². The summed E-state index contributed by atoms with van der Waals surface area (Å²) in [7, 11) is 0. The monoisotopic (exact) mass is 374 g/mol. The lowest BCUT2D eigenvalue weighted by molar-refractivity contribution is 0.282. The van der Waals surface area contributed by atoms with Gasteiger partial charge in [0.2, 0.25) is 5.95 Å². The molecule has 0 bridgehead atoms. The number of aliphatic hydroxyl groups is 1. The molecular formula is C20H18N6O2. The molecule has 4 aromatic rings. The van der Waals surface area contributed by atoms with Crippen LogP contribution in [0.15, 0.2) is 72.3 Å². The second kappa shape index (κ2) is 7.45. The topological polar surface area (TPSA) is 97.9 Å². The molecule has 0 unspecified atom stereocenters. The normalized spacial score (nSPS) is 10.9. The van der Waals surface area contributed by atoms with Crippen LogP contribution in [-0.4, -0.2) is 29.4 Å². The molecule has 0 aliphatic rings. The van der Waals surface area contributed by atoms with Gasteiger partial charge in [-0.2, -0.15) is 4.98 Å². The lowest BCUT2D eigenvalue weighted by Crippen LogP contribution is -2.22. The molecule has 8 nitrogen and oxygen atoms in total. The molecule has 0 radical (unpaired) electrons. The van der Waals surface area contributed by atoms with Gasteiger partial charge in [-0.3, -0.25) is 4.79 Å². The summed E-state index contributed by atoms with van der Waals surface area (Å²) in [6.07, 6.45) is 4.82. The maximum absolute atomic E-state index is 12.8. The molecule has 2 N–H and O–H groups in total. The molecule has 0 saturated heterocycles. The van der Waals surface area contributed by atoms with Crippen molar-refractivity contribution in [2.45, 2.75) is 13.2 Å². The lowest BCUT2D eigenvalue weighted by Gasteiger charge is -2.10. The second-order valence-corrected chi connectivity index (χ2v) is 6.09. The van der Waals surface area contributed by atoms with Gasteiger partial charge < -0.3 is 10.4 Å². The summed E-state index contributed by atoms with van der Waals surface area (Å²) in [4.78, 5) is 26.0. The highest BCUT2D eigenvalue weighted by Gasteiger charge is 2.17. The number of benzene rings is 1. The third-order valence-corrected chi connectivity index (χ3v) is 4.24. The fourth-order valence-corrected chi connectivity index (χ4v) is 2.91. The molecule has 28 heavy (non-hydrogen) atoms. The molecule has 0 fully saturated rings. The minimum atomic E-state index is -0.209. The Morgan fingerprint density at radius 1 is 1.14 bits per heavy atom. The highest BCUT2D eigenvalue weighted by atomic mass is 16.3. The highest BCUT2D eigenvalue weighted by molar-refractivity contribution is 5.77. The number of fused-ring (bicyclic) bond motifs is 1. The summed E-state index contributed by atoms with van der Waals surface area (Å²) >= 11 is 0. The van der Waals surface area contributed by atoms with Crippen LogP contribution in [0.4, 0.5) is 11.6 Å².